The number of aromatic nitrogens is 3. The minimum absolute atomic E-state index is 0.0656. The summed E-state index contributed by atoms with van der Waals surface area (Å²) in [7, 11) is 0. The summed E-state index contributed by atoms with van der Waals surface area (Å²) in [4.78, 5) is 58.2. The Bertz CT molecular complexity index is 1510. The van der Waals surface area contributed by atoms with Gasteiger partial charge in [-0.25, -0.2) is 4.68 Å². The average molecular weight is 621 g/mol. The van der Waals surface area contributed by atoms with Crippen LogP contribution in [0.1, 0.15) is 45.4 Å². The zero-order chi connectivity index (χ0) is 31.6. The fourth-order valence-corrected chi connectivity index (χ4v) is 6.98. The van der Waals surface area contributed by atoms with Crippen molar-refractivity contribution in [2.24, 2.45) is 11.8 Å². The Morgan fingerprint density at radius 2 is 1.89 bits per heavy atom. The smallest absolute Gasteiger partial charge is 0.313 e. The van der Waals surface area contributed by atoms with Gasteiger partial charge in [-0.3, -0.25) is 19.2 Å². The van der Waals surface area contributed by atoms with Crippen LogP contribution in [-0.4, -0.2) is 104 Å². The Morgan fingerprint density at radius 3 is 2.73 bits per heavy atom. The van der Waals surface area contributed by atoms with Gasteiger partial charge in [-0.1, -0.05) is 54.5 Å². The van der Waals surface area contributed by atoms with Crippen LogP contribution in [0.3, 0.4) is 0 Å². The Kier molecular flexibility index (Phi) is 8.99. The fraction of sp³-hybridized carbons (Fsp3) is 0.562. The van der Waals surface area contributed by atoms with Gasteiger partial charge in [0.15, 0.2) is 0 Å². The molecular formula is C32H40N6O7. The number of cyclic esters (lactones) is 1. The topological polar surface area (TPSA) is 156 Å². The predicted octanol–water partition coefficient (Wildman–Crippen LogP) is 1.32. The van der Waals surface area contributed by atoms with Gasteiger partial charge >= 0.3 is 5.97 Å². The first kappa shape index (κ1) is 30.9. The van der Waals surface area contributed by atoms with Crippen LogP contribution < -0.4 is 5.32 Å². The summed E-state index contributed by atoms with van der Waals surface area (Å²) in [6.45, 7) is 2.50. The monoisotopic (exact) mass is 620 g/mol. The maximum Gasteiger partial charge on any atom is 0.313 e. The summed E-state index contributed by atoms with van der Waals surface area (Å²) in [5, 5.41) is 20.5. The van der Waals surface area contributed by atoms with Gasteiger partial charge in [0.05, 0.1) is 24.1 Å². The third kappa shape index (κ3) is 5.86. The fourth-order valence-electron chi connectivity index (χ4n) is 6.98. The van der Waals surface area contributed by atoms with Crippen LogP contribution in [0.5, 0.6) is 0 Å². The Hall–Kier alpha value is -4.10. The summed E-state index contributed by atoms with van der Waals surface area (Å²) >= 11 is 0. The number of likely N-dealkylation sites (tertiary alicyclic amines) is 1. The molecule has 240 valence electrons. The number of hydrogen-bond donors (Lipinski definition) is 2. The minimum Gasteiger partial charge on any atom is -0.460 e. The van der Waals surface area contributed by atoms with Gasteiger partial charge in [-0.15, -0.1) is 5.10 Å². The van der Waals surface area contributed by atoms with E-state index in [0.29, 0.717) is 31.3 Å². The number of hydrogen-bond acceptors (Lipinski definition) is 9. The largest absolute Gasteiger partial charge is 0.460 e. The number of fused-ring (bicyclic) bond motifs is 3. The number of nitrogens with zero attached hydrogens (tertiary/aromatic N) is 5. The maximum absolute atomic E-state index is 14.8. The Morgan fingerprint density at radius 1 is 1.07 bits per heavy atom. The number of rotatable bonds is 8. The highest BCUT2D eigenvalue weighted by atomic mass is 16.6. The highest BCUT2D eigenvalue weighted by molar-refractivity contribution is 5.99. The molecule has 5 bridgehead atoms. The van der Waals surface area contributed by atoms with Gasteiger partial charge in [-0.2, -0.15) is 0 Å². The van der Waals surface area contributed by atoms with Crippen LogP contribution >= 0.6 is 0 Å². The molecule has 0 aliphatic carbocycles. The summed E-state index contributed by atoms with van der Waals surface area (Å²) in [6.07, 6.45) is 9.48. The van der Waals surface area contributed by atoms with Crippen LogP contribution in [0.4, 0.5) is 0 Å². The molecular weight excluding hydrogens is 580 g/mol. The molecule has 3 amide bonds. The molecule has 6 rings (SSSR count). The van der Waals surface area contributed by atoms with E-state index in [2.05, 4.69) is 15.6 Å². The molecule has 5 heterocycles. The molecule has 1 aromatic carbocycles. The summed E-state index contributed by atoms with van der Waals surface area (Å²) in [5.41, 5.74) is 0.113. The van der Waals surface area contributed by atoms with E-state index < -0.39 is 41.7 Å². The van der Waals surface area contributed by atoms with Crippen LogP contribution in [0.2, 0.25) is 0 Å². The van der Waals surface area contributed by atoms with E-state index in [-0.39, 0.29) is 50.5 Å². The maximum atomic E-state index is 14.8. The van der Waals surface area contributed by atoms with Crippen molar-refractivity contribution < 1.29 is 33.8 Å². The first-order valence-corrected chi connectivity index (χ1v) is 15.8. The molecule has 2 saturated heterocycles. The standard InChI is InChI=1S/C32H40N6O7/c1-21-19-33-25(40)13-5-4-8-16-36(20-38-23-12-7-6-11-22(23)34-35-38)30(42)28-32-15-14-24(45-32)26(31(43)44-21)27(32)29(41)37(28)17-9-2-3-10-18-39/h4,6-8,11-12,14-15,21,24,26-28,39H,2-3,5,9-10,13,16-20H2,1H3,(H,33,40)/b8-4-/t21-,24+,26-,27-,28+,32-/m0/s1. The van der Waals surface area contributed by atoms with Gasteiger partial charge in [0.2, 0.25) is 11.8 Å². The molecule has 13 nitrogen and oxygen atoms in total. The second-order valence-corrected chi connectivity index (χ2v) is 12.2. The molecule has 4 aliphatic heterocycles. The van der Waals surface area contributed by atoms with E-state index in [1.165, 1.54) is 0 Å². The molecule has 13 heteroatoms. The molecule has 0 radical (unpaired) electrons. The Balaban J connectivity index is 1.37. The Labute approximate surface area is 261 Å². The third-order valence-electron chi connectivity index (χ3n) is 9.16. The van der Waals surface area contributed by atoms with E-state index in [1.54, 1.807) is 33.6 Å². The van der Waals surface area contributed by atoms with E-state index >= 15 is 0 Å². The number of carbonyl (C=O) groups excluding carboxylic acids is 4. The van der Waals surface area contributed by atoms with Gasteiger partial charge in [0.1, 0.15) is 35.9 Å². The summed E-state index contributed by atoms with van der Waals surface area (Å²) < 4.78 is 13.8. The van der Waals surface area contributed by atoms with Crippen LogP contribution in [0, 0.1) is 11.8 Å². The van der Waals surface area contributed by atoms with E-state index in [0.717, 1.165) is 18.4 Å². The molecule has 1 spiro atoms. The number of benzene rings is 1. The number of para-hydroxylation sites is 1. The van der Waals surface area contributed by atoms with E-state index in [9.17, 15) is 24.3 Å². The van der Waals surface area contributed by atoms with Crippen molar-refractivity contribution in [3.63, 3.8) is 0 Å². The predicted molar refractivity (Wildman–Crippen MR) is 161 cm³/mol. The van der Waals surface area contributed by atoms with Crippen LogP contribution in [-0.2, 0) is 35.3 Å². The van der Waals surface area contributed by atoms with Crippen molar-refractivity contribution in [2.75, 3.05) is 26.2 Å². The number of carbonyl (C=O) groups is 4. The molecule has 2 aromatic rings. The number of ether oxygens (including phenoxy) is 2. The van der Waals surface area contributed by atoms with Crippen molar-refractivity contribution in [2.45, 2.75) is 76.0 Å². The van der Waals surface area contributed by atoms with E-state index in [1.807, 2.05) is 36.4 Å². The number of aliphatic hydroxyl groups excluding tert-OH is 1. The van der Waals surface area contributed by atoms with Crippen molar-refractivity contribution in [3.05, 3.63) is 48.6 Å². The molecule has 2 fully saturated rings. The van der Waals surface area contributed by atoms with E-state index in [4.69, 9.17) is 9.47 Å². The summed E-state index contributed by atoms with van der Waals surface area (Å²) in [5.74, 6) is -3.25. The normalized spacial score (nSPS) is 31.0. The van der Waals surface area contributed by atoms with Gasteiger partial charge in [0.25, 0.3) is 5.91 Å². The minimum atomic E-state index is -1.33. The van der Waals surface area contributed by atoms with Gasteiger partial charge in [-0.05, 0) is 38.3 Å². The van der Waals surface area contributed by atoms with Crippen molar-refractivity contribution in [3.8, 4) is 0 Å². The zero-order valence-corrected chi connectivity index (χ0v) is 25.4. The van der Waals surface area contributed by atoms with Crippen LogP contribution in [0.25, 0.3) is 11.0 Å². The van der Waals surface area contributed by atoms with Crippen molar-refractivity contribution in [1.82, 2.24) is 30.1 Å². The lowest BCUT2D eigenvalue weighted by molar-refractivity contribution is -0.158. The number of aliphatic hydroxyl groups is 1. The SMILES string of the molecule is C[C@H]1CNC(=O)CC/C=C\CN(Cn2nnc3ccccc32)C(=O)[C@H]2N(CCCCCCO)C(=O)[C@@H]3[C@@H](C(=O)O1)[C@H]1C=C[C@]32O1. The molecule has 45 heavy (non-hydrogen) atoms. The molecule has 1 aromatic heterocycles. The second kappa shape index (κ2) is 13.1. The van der Waals surface area contributed by atoms with Gasteiger partial charge < -0.3 is 29.7 Å². The lowest BCUT2D eigenvalue weighted by atomic mass is 9.74. The lowest BCUT2D eigenvalue weighted by Gasteiger charge is -2.35. The second-order valence-electron chi connectivity index (χ2n) is 12.2. The first-order chi connectivity index (χ1) is 21.8. The molecule has 0 unspecified atom stereocenters. The quantitative estimate of drug-likeness (QED) is 0.252. The first-order valence-electron chi connectivity index (χ1n) is 15.8. The molecule has 6 atom stereocenters. The lowest BCUT2D eigenvalue weighted by Crippen LogP contribution is -2.56. The highest BCUT2D eigenvalue weighted by Crippen LogP contribution is 2.55. The average Bonchev–Trinajstić information content (AvgIpc) is 3.78. The molecule has 2 N–H and O–H groups in total. The number of nitrogens with one attached hydrogen (secondary N) is 1. The third-order valence-corrected chi connectivity index (χ3v) is 9.16. The number of unbranched alkanes of at least 4 members (excludes halogenated alkanes) is 3. The van der Waals surface area contributed by atoms with Crippen molar-refractivity contribution in [1.29, 1.82) is 0 Å². The number of amides is 3. The summed E-state index contributed by atoms with van der Waals surface area (Å²) in [6, 6.07) is 6.45. The van der Waals surface area contributed by atoms with Gasteiger partial charge in [0, 0.05) is 26.1 Å². The number of esters is 1. The number of allylic oxidation sites excluding steroid dienone is 1. The van der Waals surface area contributed by atoms with Crippen molar-refractivity contribution >= 4 is 34.7 Å². The molecule has 0 saturated carbocycles. The molecule has 4 aliphatic rings. The zero-order valence-electron chi connectivity index (χ0n) is 25.4. The van der Waals surface area contributed by atoms with Crippen LogP contribution in [0.15, 0.2) is 48.6 Å². The highest BCUT2D eigenvalue weighted by Gasteiger charge is 2.73.